The van der Waals surface area contributed by atoms with Crippen molar-refractivity contribution >= 4 is 17.5 Å². The molecule has 0 saturated carbocycles. The second-order valence-electron chi connectivity index (χ2n) is 6.32. The molecule has 0 aliphatic rings. The number of benzene rings is 2. The molecule has 0 atom stereocenters. The van der Waals surface area contributed by atoms with Gasteiger partial charge in [-0.1, -0.05) is 6.07 Å². The number of aryl methyl sites for hydroxylation is 2. The molecule has 0 unspecified atom stereocenters. The Morgan fingerprint density at radius 1 is 1.10 bits per heavy atom. The molecular formula is C19H18F2N6O2. The first-order chi connectivity index (χ1) is 13.8. The molecule has 8 nitrogen and oxygen atoms in total. The zero-order valence-corrected chi connectivity index (χ0v) is 15.7. The standard InChI is InChI=1S/C19H18F2N6O2/c1-11-3-5-14(10-17(11)27-12(2)24-25-26-27)23-18(28)7-8-22-19(29)15-6-4-13(20)9-16(15)21/h3-6,9-10H,7-8H2,1-2H3,(H,22,29)(H,23,28). The highest BCUT2D eigenvalue weighted by atomic mass is 19.1. The number of hydrogen-bond acceptors (Lipinski definition) is 5. The van der Waals surface area contributed by atoms with Crippen LogP contribution in [0.2, 0.25) is 0 Å². The predicted octanol–water partition coefficient (Wildman–Crippen LogP) is 2.32. The van der Waals surface area contributed by atoms with Crippen LogP contribution in [-0.2, 0) is 4.79 Å². The molecule has 0 spiro atoms. The molecule has 10 heteroatoms. The molecule has 3 aromatic rings. The maximum absolute atomic E-state index is 13.6. The van der Waals surface area contributed by atoms with Crippen LogP contribution in [0.25, 0.3) is 5.69 Å². The first kappa shape index (κ1) is 20.1. The lowest BCUT2D eigenvalue weighted by Gasteiger charge is -2.11. The molecule has 0 fully saturated rings. The quantitative estimate of drug-likeness (QED) is 0.661. The number of carbonyl (C=O) groups is 2. The van der Waals surface area contributed by atoms with Crippen molar-refractivity contribution in [3.63, 3.8) is 0 Å². The number of aromatic nitrogens is 4. The van der Waals surface area contributed by atoms with E-state index in [2.05, 4.69) is 26.2 Å². The lowest BCUT2D eigenvalue weighted by atomic mass is 10.1. The van der Waals surface area contributed by atoms with Crippen molar-refractivity contribution in [2.24, 2.45) is 0 Å². The fourth-order valence-electron chi connectivity index (χ4n) is 2.65. The molecule has 1 aromatic heterocycles. The summed E-state index contributed by atoms with van der Waals surface area (Å²) in [6, 6.07) is 7.97. The number of rotatable bonds is 6. The van der Waals surface area contributed by atoms with Gasteiger partial charge in [0, 0.05) is 24.7 Å². The lowest BCUT2D eigenvalue weighted by molar-refractivity contribution is -0.116. The highest BCUT2D eigenvalue weighted by molar-refractivity contribution is 5.95. The van der Waals surface area contributed by atoms with Gasteiger partial charge in [0.2, 0.25) is 5.91 Å². The molecule has 29 heavy (non-hydrogen) atoms. The Morgan fingerprint density at radius 3 is 2.59 bits per heavy atom. The molecule has 3 rings (SSSR count). The fourth-order valence-corrected chi connectivity index (χ4v) is 2.65. The number of tetrazole rings is 1. The third-order valence-electron chi connectivity index (χ3n) is 4.16. The first-order valence-corrected chi connectivity index (χ1v) is 8.74. The van der Waals surface area contributed by atoms with Crippen molar-refractivity contribution in [3.8, 4) is 5.69 Å². The van der Waals surface area contributed by atoms with Crippen LogP contribution in [-0.4, -0.2) is 38.6 Å². The van der Waals surface area contributed by atoms with E-state index >= 15 is 0 Å². The smallest absolute Gasteiger partial charge is 0.254 e. The minimum atomic E-state index is -0.961. The SMILES string of the molecule is Cc1ccc(NC(=O)CCNC(=O)c2ccc(F)cc2F)cc1-n1nnnc1C. The summed E-state index contributed by atoms with van der Waals surface area (Å²) in [6.45, 7) is 3.65. The maximum atomic E-state index is 13.6. The summed E-state index contributed by atoms with van der Waals surface area (Å²) in [4.78, 5) is 24.1. The van der Waals surface area contributed by atoms with Crippen molar-refractivity contribution in [2.45, 2.75) is 20.3 Å². The highest BCUT2D eigenvalue weighted by Gasteiger charge is 2.13. The molecule has 150 valence electrons. The zero-order valence-electron chi connectivity index (χ0n) is 15.7. The lowest BCUT2D eigenvalue weighted by Crippen LogP contribution is -2.28. The molecule has 0 saturated heterocycles. The molecule has 0 bridgehead atoms. The predicted molar refractivity (Wildman–Crippen MR) is 101 cm³/mol. The van der Waals surface area contributed by atoms with Crippen LogP contribution >= 0.6 is 0 Å². The Labute approximate surface area is 164 Å². The van der Waals surface area contributed by atoms with Crippen LogP contribution in [0.1, 0.15) is 28.2 Å². The molecule has 2 N–H and O–H groups in total. The number of amides is 2. The van der Waals surface area contributed by atoms with E-state index in [0.29, 0.717) is 17.6 Å². The second-order valence-corrected chi connectivity index (χ2v) is 6.32. The van der Waals surface area contributed by atoms with E-state index in [4.69, 9.17) is 0 Å². The van der Waals surface area contributed by atoms with E-state index in [9.17, 15) is 18.4 Å². The van der Waals surface area contributed by atoms with E-state index < -0.39 is 17.5 Å². The van der Waals surface area contributed by atoms with E-state index in [1.54, 1.807) is 23.7 Å². The van der Waals surface area contributed by atoms with Crippen molar-refractivity contribution in [2.75, 3.05) is 11.9 Å². The number of nitrogens with zero attached hydrogens (tertiary/aromatic N) is 4. The third kappa shape index (κ3) is 4.78. The molecule has 2 amide bonds. The molecule has 2 aromatic carbocycles. The van der Waals surface area contributed by atoms with Crippen molar-refractivity contribution < 1.29 is 18.4 Å². The van der Waals surface area contributed by atoms with Gasteiger partial charge in [0.1, 0.15) is 11.6 Å². The second kappa shape index (κ2) is 8.55. The monoisotopic (exact) mass is 400 g/mol. The Kier molecular flexibility index (Phi) is 5.91. The minimum Gasteiger partial charge on any atom is -0.351 e. The van der Waals surface area contributed by atoms with E-state index in [0.717, 1.165) is 23.4 Å². The van der Waals surface area contributed by atoms with Gasteiger partial charge in [-0.3, -0.25) is 9.59 Å². The number of carbonyl (C=O) groups excluding carboxylic acids is 2. The van der Waals surface area contributed by atoms with Gasteiger partial charge in [-0.25, -0.2) is 8.78 Å². The van der Waals surface area contributed by atoms with Gasteiger partial charge in [0.15, 0.2) is 5.82 Å². The number of anilines is 1. The van der Waals surface area contributed by atoms with Gasteiger partial charge < -0.3 is 10.6 Å². The maximum Gasteiger partial charge on any atom is 0.254 e. The summed E-state index contributed by atoms with van der Waals surface area (Å²) in [6.07, 6.45) is -0.0261. The molecular weight excluding hydrogens is 382 g/mol. The van der Waals surface area contributed by atoms with Crippen LogP contribution in [0.3, 0.4) is 0 Å². The van der Waals surface area contributed by atoms with Crippen LogP contribution in [0.4, 0.5) is 14.5 Å². The van der Waals surface area contributed by atoms with Crippen LogP contribution in [0, 0.1) is 25.5 Å². The minimum absolute atomic E-state index is 0.00763. The summed E-state index contributed by atoms with van der Waals surface area (Å²) in [5.41, 5.74) is 1.91. The topological polar surface area (TPSA) is 102 Å². The molecule has 0 aliphatic heterocycles. The third-order valence-corrected chi connectivity index (χ3v) is 4.16. The zero-order chi connectivity index (χ0) is 21.0. The highest BCUT2D eigenvalue weighted by Crippen LogP contribution is 2.19. The molecule has 0 radical (unpaired) electrons. The van der Waals surface area contributed by atoms with Gasteiger partial charge >= 0.3 is 0 Å². The molecule has 0 aliphatic carbocycles. The summed E-state index contributed by atoms with van der Waals surface area (Å²) in [7, 11) is 0. The Balaban J connectivity index is 1.57. The Hall–Kier alpha value is -3.69. The molecule has 1 heterocycles. The van der Waals surface area contributed by atoms with Crippen molar-refractivity contribution in [1.29, 1.82) is 0 Å². The van der Waals surface area contributed by atoms with Crippen LogP contribution in [0.15, 0.2) is 36.4 Å². The largest absolute Gasteiger partial charge is 0.351 e. The average Bonchev–Trinajstić information content (AvgIpc) is 3.09. The number of hydrogen-bond donors (Lipinski definition) is 2. The summed E-state index contributed by atoms with van der Waals surface area (Å²) in [5, 5.41) is 16.5. The Bertz CT molecular complexity index is 1070. The van der Waals surface area contributed by atoms with Crippen molar-refractivity contribution in [1.82, 2.24) is 25.5 Å². The van der Waals surface area contributed by atoms with Gasteiger partial charge in [0.25, 0.3) is 5.91 Å². The summed E-state index contributed by atoms with van der Waals surface area (Å²) in [5.74, 6) is -2.19. The van der Waals surface area contributed by atoms with Gasteiger partial charge in [-0.05, 0) is 54.1 Å². The summed E-state index contributed by atoms with van der Waals surface area (Å²) < 4.78 is 28.1. The normalized spacial score (nSPS) is 10.6. The fraction of sp³-hybridized carbons (Fsp3) is 0.211. The van der Waals surface area contributed by atoms with Gasteiger partial charge in [0.05, 0.1) is 11.3 Å². The van der Waals surface area contributed by atoms with E-state index in [-0.39, 0.29) is 24.4 Å². The number of halogens is 2. The summed E-state index contributed by atoms with van der Waals surface area (Å²) >= 11 is 0. The van der Waals surface area contributed by atoms with E-state index in [1.807, 2.05) is 13.0 Å². The Morgan fingerprint density at radius 2 is 1.90 bits per heavy atom. The van der Waals surface area contributed by atoms with Crippen LogP contribution < -0.4 is 10.6 Å². The number of nitrogens with one attached hydrogen (secondary N) is 2. The van der Waals surface area contributed by atoms with E-state index in [1.165, 1.54) is 0 Å². The van der Waals surface area contributed by atoms with Gasteiger partial charge in [-0.2, -0.15) is 4.68 Å². The van der Waals surface area contributed by atoms with Crippen molar-refractivity contribution in [3.05, 3.63) is 65.0 Å². The average molecular weight is 400 g/mol. The first-order valence-electron chi connectivity index (χ1n) is 8.74. The van der Waals surface area contributed by atoms with Gasteiger partial charge in [-0.15, -0.1) is 5.10 Å². The van der Waals surface area contributed by atoms with Crippen LogP contribution in [0.5, 0.6) is 0 Å².